The number of hydrazine groups is 1. The Balaban J connectivity index is 1.94. The third-order valence-corrected chi connectivity index (χ3v) is 4.85. The zero-order chi connectivity index (χ0) is 14.8. The first kappa shape index (κ1) is 14.1. The van der Waals surface area contributed by atoms with Crippen LogP contribution >= 0.6 is 0 Å². The third-order valence-electron chi connectivity index (χ3n) is 4.85. The summed E-state index contributed by atoms with van der Waals surface area (Å²) in [6.45, 7) is 0.979. The highest BCUT2D eigenvalue weighted by Gasteiger charge is 2.33. The first-order valence-electron chi connectivity index (χ1n) is 7.72. The van der Waals surface area contributed by atoms with Crippen LogP contribution in [0.4, 0.5) is 17.1 Å². The molecule has 3 rings (SSSR count). The van der Waals surface area contributed by atoms with Crippen LogP contribution in [0.15, 0.2) is 18.2 Å². The molecule has 0 bridgehead atoms. The van der Waals surface area contributed by atoms with E-state index in [4.69, 9.17) is 5.84 Å². The van der Waals surface area contributed by atoms with E-state index < -0.39 is 0 Å². The molecule has 3 N–H and O–H groups in total. The molecule has 1 aliphatic carbocycles. The number of anilines is 2. The molecule has 6 nitrogen and oxygen atoms in total. The van der Waals surface area contributed by atoms with E-state index in [0.29, 0.717) is 11.7 Å². The number of benzene rings is 1. The van der Waals surface area contributed by atoms with Crippen molar-refractivity contribution in [1.82, 2.24) is 0 Å². The molecule has 6 heteroatoms. The van der Waals surface area contributed by atoms with Crippen molar-refractivity contribution in [1.29, 1.82) is 0 Å². The van der Waals surface area contributed by atoms with E-state index in [0.717, 1.165) is 24.6 Å². The summed E-state index contributed by atoms with van der Waals surface area (Å²) in [4.78, 5) is 13.1. The van der Waals surface area contributed by atoms with Gasteiger partial charge in [-0.15, -0.1) is 0 Å². The SMILES string of the molecule is NNc1cc(N2CCCC3CCCCC32)cc([N+](=O)[O-])c1. The molecular weight excluding hydrogens is 268 g/mol. The number of nitrogens with two attached hydrogens (primary N) is 1. The lowest BCUT2D eigenvalue weighted by Crippen LogP contribution is -2.46. The van der Waals surface area contributed by atoms with Crippen LogP contribution in [0.25, 0.3) is 0 Å². The average Bonchev–Trinajstić information content (AvgIpc) is 2.53. The molecule has 114 valence electrons. The number of piperidine rings is 1. The van der Waals surface area contributed by atoms with Crippen molar-refractivity contribution in [2.75, 3.05) is 16.9 Å². The zero-order valence-corrected chi connectivity index (χ0v) is 12.1. The van der Waals surface area contributed by atoms with Gasteiger partial charge in [-0.2, -0.15) is 0 Å². The van der Waals surface area contributed by atoms with Crippen molar-refractivity contribution in [3.05, 3.63) is 28.3 Å². The number of nitro groups is 1. The number of hydrogen-bond acceptors (Lipinski definition) is 5. The van der Waals surface area contributed by atoms with E-state index in [1.165, 1.54) is 38.2 Å². The van der Waals surface area contributed by atoms with E-state index in [1.54, 1.807) is 6.07 Å². The van der Waals surface area contributed by atoms with Crippen molar-refractivity contribution in [3.63, 3.8) is 0 Å². The molecule has 21 heavy (non-hydrogen) atoms. The molecule has 0 aromatic heterocycles. The van der Waals surface area contributed by atoms with E-state index in [1.807, 2.05) is 6.07 Å². The number of fused-ring (bicyclic) bond motifs is 1. The van der Waals surface area contributed by atoms with Crippen LogP contribution in [0, 0.1) is 16.0 Å². The van der Waals surface area contributed by atoms with Gasteiger partial charge in [0.05, 0.1) is 10.6 Å². The van der Waals surface area contributed by atoms with Crippen molar-refractivity contribution in [3.8, 4) is 0 Å². The number of rotatable bonds is 3. The van der Waals surface area contributed by atoms with Gasteiger partial charge in [0.1, 0.15) is 0 Å². The normalized spacial score (nSPS) is 25.3. The summed E-state index contributed by atoms with van der Waals surface area (Å²) >= 11 is 0. The van der Waals surface area contributed by atoms with Gasteiger partial charge in [0.25, 0.3) is 5.69 Å². The fourth-order valence-electron chi connectivity index (χ4n) is 3.90. The second-order valence-electron chi connectivity index (χ2n) is 6.09. The van der Waals surface area contributed by atoms with Gasteiger partial charge in [0.2, 0.25) is 0 Å². The summed E-state index contributed by atoms with van der Waals surface area (Å²) < 4.78 is 0. The Bertz CT molecular complexity index is 532. The number of nitrogens with zero attached hydrogens (tertiary/aromatic N) is 2. The predicted molar refractivity (Wildman–Crippen MR) is 83.2 cm³/mol. The molecule has 2 unspecified atom stereocenters. The average molecular weight is 290 g/mol. The van der Waals surface area contributed by atoms with Crippen LogP contribution in [0.2, 0.25) is 0 Å². The van der Waals surface area contributed by atoms with E-state index in [9.17, 15) is 10.1 Å². The fourth-order valence-corrected chi connectivity index (χ4v) is 3.90. The quantitative estimate of drug-likeness (QED) is 0.508. The van der Waals surface area contributed by atoms with E-state index in [2.05, 4.69) is 10.3 Å². The van der Waals surface area contributed by atoms with E-state index in [-0.39, 0.29) is 10.6 Å². The van der Waals surface area contributed by atoms with Gasteiger partial charge in [-0.05, 0) is 37.7 Å². The highest BCUT2D eigenvalue weighted by molar-refractivity contribution is 5.64. The maximum atomic E-state index is 11.1. The minimum atomic E-state index is -0.355. The summed E-state index contributed by atoms with van der Waals surface area (Å²) in [7, 11) is 0. The van der Waals surface area contributed by atoms with Crippen molar-refractivity contribution in [2.45, 2.75) is 44.6 Å². The second kappa shape index (κ2) is 5.89. The van der Waals surface area contributed by atoms with Crippen molar-refractivity contribution >= 4 is 17.1 Å². The van der Waals surface area contributed by atoms with Crippen LogP contribution < -0.4 is 16.2 Å². The van der Waals surface area contributed by atoms with Crippen molar-refractivity contribution < 1.29 is 4.92 Å². The zero-order valence-electron chi connectivity index (χ0n) is 12.1. The number of nitrogen functional groups attached to an aromatic ring is 1. The maximum Gasteiger partial charge on any atom is 0.273 e. The Kier molecular flexibility index (Phi) is 3.96. The summed E-state index contributed by atoms with van der Waals surface area (Å²) in [5, 5.41) is 11.1. The molecule has 1 heterocycles. The topological polar surface area (TPSA) is 84.4 Å². The third kappa shape index (κ3) is 2.81. The lowest BCUT2D eigenvalue weighted by atomic mass is 9.78. The monoisotopic (exact) mass is 290 g/mol. The first-order chi connectivity index (χ1) is 10.2. The Morgan fingerprint density at radius 2 is 1.95 bits per heavy atom. The van der Waals surface area contributed by atoms with Crippen LogP contribution in [-0.4, -0.2) is 17.5 Å². The lowest BCUT2D eigenvalue weighted by Gasteiger charge is -2.45. The van der Waals surface area contributed by atoms with Gasteiger partial charge in [-0.1, -0.05) is 12.8 Å². The Morgan fingerprint density at radius 3 is 2.71 bits per heavy atom. The molecular formula is C15H22N4O2. The van der Waals surface area contributed by atoms with Gasteiger partial charge in [-0.3, -0.25) is 16.0 Å². The highest BCUT2D eigenvalue weighted by atomic mass is 16.6. The minimum Gasteiger partial charge on any atom is -0.368 e. The Morgan fingerprint density at radius 1 is 1.19 bits per heavy atom. The van der Waals surface area contributed by atoms with Crippen LogP contribution in [0.1, 0.15) is 38.5 Å². The molecule has 2 fully saturated rings. The highest BCUT2D eigenvalue weighted by Crippen LogP contribution is 2.39. The van der Waals surface area contributed by atoms with Gasteiger partial charge in [-0.25, -0.2) is 0 Å². The molecule has 0 radical (unpaired) electrons. The molecule has 1 saturated heterocycles. The van der Waals surface area contributed by atoms with Gasteiger partial charge in [0, 0.05) is 30.4 Å². The lowest BCUT2D eigenvalue weighted by molar-refractivity contribution is -0.384. The molecule has 1 aliphatic heterocycles. The summed E-state index contributed by atoms with van der Waals surface area (Å²) in [6.07, 6.45) is 7.51. The predicted octanol–water partition coefficient (Wildman–Crippen LogP) is 3.04. The van der Waals surface area contributed by atoms with E-state index >= 15 is 0 Å². The standard InChI is InChI=1S/C15H22N4O2/c16-17-12-8-13(10-14(9-12)19(20)21)18-7-3-5-11-4-1-2-6-15(11)18/h8-11,15,17H,1-7,16H2. The molecule has 1 aromatic carbocycles. The Hall–Kier alpha value is -1.82. The van der Waals surface area contributed by atoms with Gasteiger partial charge >= 0.3 is 0 Å². The molecule has 1 saturated carbocycles. The van der Waals surface area contributed by atoms with Crippen molar-refractivity contribution in [2.24, 2.45) is 11.8 Å². The molecule has 2 atom stereocenters. The Labute approximate surface area is 124 Å². The molecule has 0 spiro atoms. The number of nitro benzene ring substituents is 1. The molecule has 1 aromatic rings. The van der Waals surface area contributed by atoms with Crippen LogP contribution in [0.3, 0.4) is 0 Å². The number of hydrogen-bond donors (Lipinski definition) is 2. The fraction of sp³-hybridized carbons (Fsp3) is 0.600. The summed E-state index contributed by atoms with van der Waals surface area (Å²) in [5.41, 5.74) is 4.16. The van der Waals surface area contributed by atoms with Crippen LogP contribution in [-0.2, 0) is 0 Å². The maximum absolute atomic E-state index is 11.1. The molecule has 0 amide bonds. The molecule has 2 aliphatic rings. The van der Waals surface area contributed by atoms with Crippen LogP contribution in [0.5, 0.6) is 0 Å². The summed E-state index contributed by atoms with van der Waals surface area (Å²) in [5.74, 6) is 6.20. The minimum absolute atomic E-state index is 0.0957. The largest absolute Gasteiger partial charge is 0.368 e. The smallest absolute Gasteiger partial charge is 0.273 e. The summed E-state index contributed by atoms with van der Waals surface area (Å²) in [6, 6.07) is 5.60. The number of nitrogens with one attached hydrogen (secondary N) is 1. The van der Waals surface area contributed by atoms with Gasteiger partial charge in [0.15, 0.2) is 0 Å². The number of non-ortho nitro benzene ring substituents is 1. The first-order valence-corrected chi connectivity index (χ1v) is 7.72. The van der Waals surface area contributed by atoms with Gasteiger partial charge < -0.3 is 10.3 Å². The second-order valence-corrected chi connectivity index (χ2v) is 6.09.